The molecule has 0 aliphatic heterocycles. The number of anilines is 2. The highest BCUT2D eigenvalue weighted by Gasteiger charge is 2.17. The van der Waals surface area contributed by atoms with E-state index in [4.69, 9.17) is 5.73 Å². The molecule has 0 aliphatic rings. The fraction of sp³-hybridized carbons (Fsp3) is 0.588. The van der Waals surface area contributed by atoms with Crippen LogP contribution in [0, 0.1) is 11.8 Å². The molecule has 0 aliphatic carbocycles. The Labute approximate surface area is 128 Å². The minimum Gasteiger partial charge on any atom is -0.478 e. The molecule has 0 amide bonds. The average Bonchev–Trinajstić information content (AvgIpc) is 2.37. The minimum atomic E-state index is -0.899. The van der Waals surface area contributed by atoms with Crippen molar-refractivity contribution in [3.63, 3.8) is 0 Å². The summed E-state index contributed by atoms with van der Waals surface area (Å²) in [7, 11) is 0. The molecular formula is C17H28N2O2. The summed E-state index contributed by atoms with van der Waals surface area (Å²) in [6.45, 7) is 10.4. The smallest absolute Gasteiger partial charge is 0.337 e. The van der Waals surface area contributed by atoms with Gasteiger partial charge in [0.15, 0.2) is 0 Å². The van der Waals surface area contributed by atoms with Gasteiger partial charge >= 0.3 is 5.97 Å². The molecule has 4 nitrogen and oxygen atoms in total. The van der Waals surface area contributed by atoms with Gasteiger partial charge < -0.3 is 15.7 Å². The van der Waals surface area contributed by atoms with Gasteiger partial charge in [0.1, 0.15) is 0 Å². The first-order valence-electron chi connectivity index (χ1n) is 7.69. The van der Waals surface area contributed by atoms with E-state index >= 15 is 0 Å². The van der Waals surface area contributed by atoms with Gasteiger partial charge in [0.2, 0.25) is 0 Å². The molecule has 1 rings (SSSR count). The van der Waals surface area contributed by atoms with E-state index in [2.05, 4.69) is 32.6 Å². The molecule has 0 unspecified atom stereocenters. The summed E-state index contributed by atoms with van der Waals surface area (Å²) < 4.78 is 0. The van der Waals surface area contributed by atoms with E-state index in [-0.39, 0.29) is 0 Å². The Morgan fingerprint density at radius 3 is 2.10 bits per heavy atom. The Hall–Kier alpha value is -1.71. The van der Waals surface area contributed by atoms with Crippen LogP contribution in [0.25, 0.3) is 0 Å². The van der Waals surface area contributed by atoms with Gasteiger partial charge in [-0.2, -0.15) is 0 Å². The van der Waals surface area contributed by atoms with Crippen molar-refractivity contribution < 1.29 is 9.90 Å². The molecule has 0 saturated carbocycles. The number of benzene rings is 1. The maximum atomic E-state index is 11.4. The van der Waals surface area contributed by atoms with Crippen LogP contribution >= 0.6 is 0 Å². The molecule has 0 radical (unpaired) electrons. The van der Waals surface area contributed by atoms with Crippen molar-refractivity contribution in [2.45, 2.75) is 40.5 Å². The van der Waals surface area contributed by atoms with Gasteiger partial charge in [0.25, 0.3) is 0 Å². The van der Waals surface area contributed by atoms with Gasteiger partial charge in [-0.1, -0.05) is 27.7 Å². The number of nitrogens with two attached hydrogens (primary N) is 1. The number of carboxylic acid groups (broad SMARTS) is 1. The van der Waals surface area contributed by atoms with Crippen molar-refractivity contribution >= 4 is 17.3 Å². The fourth-order valence-corrected chi connectivity index (χ4v) is 2.17. The van der Waals surface area contributed by atoms with Crippen LogP contribution in [0.2, 0.25) is 0 Å². The normalized spacial score (nSPS) is 11.1. The number of nitrogen functional groups attached to an aromatic ring is 1. The Morgan fingerprint density at radius 2 is 1.67 bits per heavy atom. The van der Waals surface area contributed by atoms with Crippen LogP contribution in [-0.4, -0.2) is 24.2 Å². The zero-order chi connectivity index (χ0) is 16.0. The van der Waals surface area contributed by atoms with E-state index in [0.29, 0.717) is 23.1 Å². The topological polar surface area (TPSA) is 66.6 Å². The predicted octanol–water partition coefficient (Wildman–Crippen LogP) is 3.87. The van der Waals surface area contributed by atoms with Crippen molar-refractivity contribution in [3.05, 3.63) is 23.8 Å². The third-order valence-corrected chi connectivity index (χ3v) is 3.55. The van der Waals surface area contributed by atoms with Crippen LogP contribution < -0.4 is 10.6 Å². The monoisotopic (exact) mass is 292 g/mol. The number of carbonyl (C=O) groups is 1. The van der Waals surface area contributed by atoms with Crippen LogP contribution in [0.4, 0.5) is 11.4 Å². The maximum absolute atomic E-state index is 11.4. The summed E-state index contributed by atoms with van der Waals surface area (Å²) in [4.78, 5) is 13.6. The Bertz CT molecular complexity index is 458. The standard InChI is InChI=1S/C17H28N2O2/c1-12(2)7-9-19(10-8-13(3)4)16-11-14(18)5-6-15(16)17(20)21/h5-6,11-13H,7-10,18H2,1-4H3,(H,20,21). The SMILES string of the molecule is CC(C)CCN(CCC(C)C)c1cc(N)ccc1C(=O)O. The van der Waals surface area contributed by atoms with Gasteiger partial charge in [0.05, 0.1) is 11.3 Å². The zero-order valence-electron chi connectivity index (χ0n) is 13.6. The van der Waals surface area contributed by atoms with Crippen LogP contribution in [0.5, 0.6) is 0 Å². The third kappa shape index (κ3) is 5.66. The Balaban J connectivity index is 3.04. The Kier molecular flexibility index (Phi) is 6.53. The highest BCUT2D eigenvalue weighted by atomic mass is 16.4. The van der Waals surface area contributed by atoms with Gasteiger partial charge in [-0.15, -0.1) is 0 Å². The quantitative estimate of drug-likeness (QED) is 0.714. The summed E-state index contributed by atoms with van der Waals surface area (Å²) in [5.41, 5.74) is 7.53. The molecule has 4 heteroatoms. The summed E-state index contributed by atoms with van der Waals surface area (Å²) in [5, 5.41) is 9.39. The van der Waals surface area contributed by atoms with Crippen LogP contribution in [0.3, 0.4) is 0 Å². The van der Waals surface area contributed by atoms with E-state index in [1.807, 2.05) is 0 Å². The zero-order valence-corrected chi connectivity index (χ0v) is 13.6. The van der Waals surface area contributed by atoms with Gasteiger partial charge in [-0.3, -0.25) is 0 Å². The lowest BCUT2D eigenvalue weighted by Crippen LogP contribution is -2.29. The Morgan fingerprint density at radius 1 is 1.14 bits per heavy atom. The highest BCUT2D eigenvalue weighted by Crippen LogP contribution is 2.25. The summed E-state index contributed by atoms with van der Waals surface area (Å²) in [5.74, 6) is 0.269. The van der Waals surface area contributed by atoms with E-state index in [9.17, 15) is 9.90 Å². The number of carboxylic acids is 1. The number of aromatic carboxylic acids is 1. The molecule has 0 bridgehead atoms. The van der Waals surface area contributed by atoms with E-state index in [1.54, 1.807) is 18.2 Å². The van der Waals surface area contributed by atoms with Crippen molar-refractivity contribution in [3.8, 4) is 0 Å². The molecule has 0 saturated heterocycles. The van der Waals surface area contributed by atoms with Gasteiger partial charge in [0, 0.05) is 18.8 Å². The molecule has 0 fully saturated rings. The molecule has 3 N–H and O–H groups in total. The minimum absolute atomic E-state index is 0.330. The largest absolute Gasteiger partial charge is 0.478 e. The molecule has 0 heterocycles. The van der Waals surface area contributed by atoms with E-state index < -0.39 is 5.97 Å². The molecule has 0 aromatic heterocycles. The van der Waals surface area contributed by atoms with Crippen molar-refractivity contribution in [2.24, 2.45) is 11.8 Å². The summed E-state index contributed by atoms with van der Waals surface area (Å²) in [6, 6.07) is 5.03. The van der Waals surface area contributed by atoms with E-state index in [0.717, 1.165) is 31.6 Å². The number of rotatable bonds is 8. The first-order chi connectivity index (χ1) is 9.81. The first-order valence-corrected chi connectivity index (χ1v) is 7.69. The van der Waals surface area contributed by atoms with Gasteiger partial charge in [-0.25, -0.2) is 4.79 Å². The lowest BCUT2D eigenvalue weighted by atomic mass is 10.1. The van der Waals surface area contributed by atoms with Crippen LogP contribution in [0.1, 0.15) is 50.9 Å². The second-order valence-electron chi connectivity index (χ2n) is 6.43. The summed E-state index contributed by atoms with van der Waals surface area (Å²) in [6.07, 6.45) is 2.07. The highest BCUT2D eigenvalue weighted by molar-refractivity contribution is 5.95. The number of hydrogen-bond donors (Lipinski definition) is 2. The molecule has 0 spiro atoms. The molecule has 1 aromatic carbocycles. The molecule has 21 heavy (non-hydrogen) atoms. The van der Waals surface area contributed by atoms with Crippen molar-refractivity contribution in [1.29, 1.82) is 0 Å². The van der Waals surface area contributed by atoms with Crippen molar-refractivity contribution in [2.75, 3.05) is 23.7 Å². The molecule has 1 aromatic rings. The average molecular weight is 292 g/mol. The third-order valence-electron chi connectivity index (χ3n) is 3.55. The molecule has 0 atom stereocenters. The van der Waals surface area contributed by atoms with E-state index in [1.165, 1.54) is 0 Å². The first kappa shape index (κ1) is 17.3. The molecular weight excluding hydrogens is 264 g/mol. The number of nitrogens with zero attached hydrogens (tertiary/aromatic N) is 1. The lowest BCUT2D eigenvalue weighted by molar-refractivity contribution is 0.0697. The second-order valence-corrected chi connectivity index (χ2v) is 6.43. The number of hydrogen-bond acceptors (Lipinski definition) is 3. The van der Waals surface area contributed by atoms with Crippen molar-refractivity contribution in [1.82, 2.24) is 0 Å². The predicted molar refractivity (Wildman–Crippen MR) is 88.9 cm³/mol. The maximum Gasteiger partial charge on any atom is 0.337 e. The second kappa shape index (κ2) is 7.91. The van der Waals surface area contributed by atoms with Crippen LogP contribution in [0.15, 0.2) is 18.2 Å². The fourth-order valence-electron chi connectivity index (χ4n) is 2.17. The lowest BCUT2D eigenvalue weighted by Gasteiger charge is -2.28. The van der Waals surface area contributed by atoms with Crippen LogP contribution in [-0.2, 0) is 0 Å². The summed E-state index contributed by atoms with van der Waals surface area (Å²) >= 11 is 0. The molecule has 118 valence electrons. The van der Waals surface area contributed by atoms with Gasteiger partial charge in [-0.05, 0) is 42.9 Å².